The highest BCUT2D eigenvalue weighted by Crippen LogP contribution is 2.23. The van der Waals surface area contributed by atoms with E-state index in [1.54, 1.807) is 0 Å². The first-order valence-corrected chi connectivity index (χ1v) is 5.92. The highest BCUT2D eigenvalue weighted by atomic mass is 16.3. The third-order valence-electron chi connectivity index (χ3n) is 3.43. The van der Waals surface area contributed by atoms with E-state index in [-0.39, 0.29) is 6.10 Å². The van der Waals surface area contributed by atoms with Gasteiger partial charge in [-0.1, -0.05) is 19.1 Å². The Morgan fingerprint density at radius 3 is 3.00 bits per heavy atom. The molecule has 16 heavy (non-hydrogen) atoms. The largest absolute Gasteiger partial charge is 0.391 e. The Morgan fingerprint density at radius 1 is 1.50 bits per heavy atom. The molecule has 2 unspecified atom stereocenters. The molecule has 0 aliphatic carbocycles. The summed E-state index contributed by atoms with van der Waals surface area (Å²) in [4.78, 5) is 2.24. The molecule has 0 saturated carbocycles. The fourth-order valence-corrected chi connectivity index (χ4v) is 2.16. The van der Waals surface area contributed by atoms with E-state index in [4.69, 9.17) is 5.73 Å². The number of anilines is 1. The Hall–Kier alpha value is -1.06. The molecule has 1 aromatic rings. The maximum Gasteiger partial charge on any atom is 0.0741 e. The lowest BCUT2D eigenvalue weighted by Gasteiger charge is -2.36. The van der Waals surface area contributed by atoms with Crippen LogP contribution in [0.1, 0.15) is 18.9 Å². The number of β-amino-alcohol motifs (C(OH)–C–C–N with tert-alkyl or cyclic N) is 1. The number of piperidine rings is 1. The van der Waals surface area contributed by atoms with Gasteiger partial charge in [0, 0.05) is 25.3 Å². The van der Waals surface area contributed by atoms with Crippen LogP contribution >= 0.6 is 0 Å². The van der Waals surface area contributed by atoms with Crippen molar-refractivity contribution in [3.8, 4) is 0 Å². The summed E-state index contributed by atoms with van der Waals surface area (Å²) < 4.78 is 0. The van der Waals surface area contributed by atoms with Gasteiger partial charge in [0.25, 0.3) is 0 Å². The van der Waals surface area contributed by atoms with Crippen molar-refractivity contribution in [3.05, 3.63) is 29.8 Å². The molecule has 0 radical (unpaired) electrons. The lowest BCUT2D eigenvalue weighted by Crippen LogP contribution is -2.42. The monoisotopic (exact) mass is 220 g/mol. The highest BCUT2D eigenvalue weighted by molar-refractivity contribution is 5.49. The fraction of sp³-hybridized carbons (Fsp3) is 0.538. The second kappa shape index (κ2) is 4.85. The summed E-state index contributed by atoms with van der Waals surface area (Å²) in [5.41, 5.74) is 7.95. The van der Waals surface area contributed by atoms with Gasteiger partial charge in [-0.2, -0.15) is 0 Å². The van der Waals surface area contributed by atoms with Gasteiger partial charge in [0.15, 0.2) is 0 Å². The number of rotatable bonds is 2. The van der Waals surface area contributed by atoms with Crippen molar-refractivity contribution in [1.82, 2.24) is 0 Å². The van der Waals surface area contributed by atoms with Crippen molar-refractivity contribution in [1.29, 1.82) is 0 Å². The number of aliphatic hydroxyl groups is 1. The van der Waals surface area contributed by atoms with Crippen molar-refractivity contribution in [2.45, 2.75) is 26.0 Å². The number of nitrogens with two attached hydrogens (primary N) is 1. The Labute approximate surface area is 96.9 Å². The Balaban J connectivity index is 2.12. The SMILES string of the molecule is CC1CCN(c2cccc(CN)c2)CC1O. The van der Waals surface area contributed by atoms with Crippen LogP contribution in [-0.4, -0.2) is 24.3 Å². The smallest absolute Gasteiger partial charge is 0.0741 e. The van der Waals surface area contributed by atoms with Crippen LogP contribution in [0, 0.1) is 5.92 Å². The minimum Gasteiger partial charge on any atom is -0.391 e. The summed E-state index contributed by atoms with van der Waals surface area (Å²) in [6.45, 7) is 4.43. The number of aliphatic hydroxyl groups excluding tert-OH is 1. The second-order valence-corrected chi connectivity index (χ2v) is 4.65. The van der Waals surface area contributed by atoms with E-state index in [1.165, 1.54) is 5.69 Å². The average molecular weight is 220 g/mol. The molecule has 1 aliphatic rings. The Kier molecular flexibility index (Phi) is 3.46. The summed E-state index contributed by atoms with van der Waals surface area (Å²) >= 11 is 0. The van der Waals surface area contributed by atoms with Crippen LogP contribution in [0.25, 0.3) is 0 Å². The van der Waals surface area contributed by atoms with Gasteiger partial charge in [-0.3, -0.25) is 0 Å². The van der Waals surface area contributed by atoms with E-state index in [1.807, 2.05) is 12.1 Å². The molecule has 1 aromatic carbocycles. The first kappa shape index (κ1) is 11.4. The van der Waals surface area contributed by atoms with Crippen LogP contribution < -0.4 is 10.6 Å². The summed E-state index contributed by atoms with van der Waals surface area (Å²) in [6, 6.07) is 8.26. The molecule has 88 valence electrons. The maximum atomic E-state index is 9.87. The first-order chi connectivity index (χ1) is 7.70. The molecule has 1 heterocycles. The molecule has 1 aliphatic heterocycles. The molecule has 0 spiro atoms. The van der Waals surface area contributed by atoms with Crippen LogP contribution in [0.2, 0.25) is 0 Å². The predicted octanol–water partition coefficient (Wildman–Crippen LogP) is 1.35. The van der Waals surface area contributed by atoms with Crippen LogP contribution in [-0.2, 0) is 6.54 Å². The molecule has 3 N–H and O–H groups in total. The van der Waals surface area contributed by atoms with Crippen LogP contribution in [0.3, 0.4) is 0 Å². The van der Waals surface area contributed by atoms with Crippen molar-refractivity contribution in [3.63, 3.8) is 0 Å². The van der Waals surface area contributed by atoms with Gasteiger partial charge in [0.1, 0.15) is 0 Å². The molecule has 3 heteroatoms. The third-order valence-corrected chi connectivity index (χ3v) is 3.43. The quantitative estimate of drug-likeness (QED) is 0.791. The van der Waals surface area contributed by atoms with Crippen LogP contribution in [0.4, 0.5) is 5.69 Å². The zero-order chi connectivity index (χ0) is 11.5. The lowest BCUT2D eigenvalue weighted by molar-refractivity contribution is 0.103. The second-order valence-electron chi connectivity index (χ2n) is 4.65. The van der Waals surface area contributed by atoms with Gasteiger partial charge < -0.3 is 15.7 Å². The predicted molar refractivity (Wildman–Crippen MR) is 66.3 cm³/mol. The van der Waals surface area contributed by atoms with Crippen molar-refractivity contribution < 1.29 is 5.11 Å². The molecule has 0 amide bonds. The molecule has 0 aromatic heterocycles. The number of hydrogen-bond donors (Lipinski definition) is 2. The van der Waals surface area contributed by atoms with Gasteiger partial charge in [-0.15, -0.1) is 0 Å². The summed E-state index contributed by atoms with van der Waals surface area (Å²) in [6.07, 6.45) is 0.837. The molecule has 0 bridgehead atoms. The standard InChI is InChI=1S/C13H20N2O/c1-10-5-6-15(9-13(10)16)12-4-2-3-11(7-12)8-14/h2-4,7,10,13,16H,5-6,8-9,14H2,1H3. The zero-order valence-electron chi connectivity index (χ0n) is 9.76. The lowest BCUT2D eigenvalue weighted by atomic mass is 9.95. The minimum absolute atomic E-state index is 0.213. The van der Waals surface area contributed by atoms with Gasteiger partial charge in [0.2, 0.25) is 0 Å². The molecule has 1 fully saturated rings. The maximum absolute atomic E-state index is 9.87. The van der Waals surface area contributed by atoms with E-state index in [2.05, 4.69) is 24.0 Å². The number of nitrogens with zero attached hydrogens (tertiary/aromatic N) is 1. The van der Waals surface area contributed by atoms with E-state index < -0.39 is 0 Å². The molecule has 3 nitrogen and oxygen atoms in total. The molecule has 2 atom stereocenters. The first-order valence-electron chi connectivity index (χ1n) is 5.92. The van der Waals surface area contributed by atoms with E-state index in [0.717, 1.165) is 25.1 Å². The van der Waals surface area contributed by atoms with Gasteiger partial charge >= 0.3 is 0 Å². The zero-order valence-corrected chi connectivity index (χ0v) is 9.76. The highest BCUT2D eigenvalue weighted by Gasteiger charge is 2.24. The van der Waals surface area contributed by atoms with Gasteiger partial charge in [-0.05, 0) is 30.0 Å². The minimum atomic E-state index is -0.213. The van der Waals surface area contributed by atoms with Gasteiger partial charge in [0.05, 0.1) is 6.10 Å². The summed E-state index contributed by atoms with van der Waals surface area (Å²) in [5.74, 6) is 0.411. The fourth-order valence-electron chi connectivity index (χ4n) is 2.16. The summed E-state index contributed by atoms with van der Waals surface area (Å²) in [7, 11) is 0. The molecular weight excluding hydrogens is 200 g/mol. The number of benzene rings is 1. The Morgan fingerprint density at radius 2 is 2.31 bits per heavy atom. The van der Waals surface area contributed by atoms with Crippen LogP contribution in [0.15, 0.2) is 24.3 Å². The third kappa shape index (κ3) is 2.36. The number of hydrogen-bond acceptors (Lipinski definition) is 3. The van der Waals surface area contributed by atoms with Crippen molar-refractivity contribution >= 4 is 5.69 Å². The molecule has 2 rings (SSSR count). The summed E-state index contributed by atoms with van der Waals surface area (Å²) in [5, 5.41) is 9.87. The van der Waals surface area contributed by atoms with Crippen LogP contribution in [0.5, 0.6) is 0 Å². The topological polar surface area (TPSA) is 49.5 Å². The van der Waals surface area contributed by atoms with E-state index >= 15 is 0 Å². The Bertz CT molecular complexity index is 354. The molecular formula is C13H20N2O. The normalized spacial score (nSPS) is 25.8. The van der Waals surface area contributed by atoms with Crippen molar-refractivity contribution in [2.24, 2.45) is 11.7 Å². The van der Waals surface area contributed by atoms with E-state index in [0.29, 0.717) is 12.5 Å². The average Bonchev–Trinajstić information content (AvgIpc) is 2.33. The molecule has 1 saturated heterocycles. The van der Waals surface area contributed by atoms with Crippen molar-refractivity contribution in [2.75, 3.05) is 18.0 Å². The van der Waals surface area contributed by atoms with E-state index in [9.17, 15) is 5.11 Å². The van der Waals surface area contributed by atoms with Gasteiger partial charge in [-0.25, -0.2) is 0 Å².